The molecular formula is C18H35N3. The highest BCUT2D eigenvalue weighted by Crippen LogP contribution is 2.29. The lowest BCUT2D eigenvalue weighted by atomic mass is 9.82. The summed E-state index contributed by atoms with van der Waals surface area (Å²) in [7, 11) is 2.25. The van der Waals surface area contributed by atoms with Crippen LogP contribution in [0.15, 0.2) is 0 Å². The van der Waals surface area contributed by atoms with Crippen molar-refractivity contribution in [3.8, 4) is 0 Å². The van der Waals surface area contributed by atoms with E-state index in [9.17, 15) is 0 Å². The first-order valence-corrected chi connectivity index (χ1v) is 9.35. The number of hydrogen-bond acceptors (Lipinski definition) is 3. The van der Waals surface area contributed by atoms with Gasteiger partial charge in [-0.25, -0.2) is 0 Å². The lowest BCUT2D eigenvalue weighted by molar-refractivity contribution is 0.0600. The molecule has 122 valence electrons. The fraction of sp³-hybridized carbons (Fsp3) is 1.00. The third kappa shape index (κ3) is 4.43. The van der Waals surface area contributed by atoms with Crippen molar-refractivity contribution in [1.29, 1.82) is 0 Å². The van der Waals surface area contributed by atoms with Gasteiger partial charge in [0.05, 0.1) is 0 Å². The molecule has 0 aromatic rings. The van der Waals surface area contributed by atoms with E-state index in [-0.39, 0.29) is 0 Å². The Kier molecular flexibility index (Phi) is 5.58. The zero-order valence-electron chi connectivity index (χ0n) is 14.3. The number of hydrogen-bond donors (Lipinski definition) is 0. The standard InChI is InChI=1S/C18H35N3/c1-16-3-5-17(6-4-16)15-20-9-7-18(8-10-20)21-13-11-19(2)12-14-21/h16-18H,3-15H2,1-2H3. The van der Waals surface area contributed by atoms with E-state index in [2.05, 4.69) is 28.7 Å². The number of likely N-dealkylation sites (tertiary alicyclic amines) is 1. The van der Waals surface area contributed by atoms with Gasteiger partial charge in [0, 0.05) is 38.8 Å². The van der Waals surface area contributed by atoms with Crippen LogP contribution in [0, 0.1) is 11.8 Å². The van der Waals surface area contributed by atoms with Crippen LogP contribution in [0.2, 0.25) is 0 Å². The summed E-state index contributed by atoms with van der Waals surface area (Å²) >= 11 is 0. The third-order valence-electron chi connectivity index (χ3n) is 6.26. The molecule has 3 fully saturated rings. The predicted molar refractivity (Wildman–Crippen MR) is 89.7 cm³/mol. The largest absolute Gasteiger partial charge is 0.304 e. The second kappa shape index (κ2) is 7.43. The lowest BCUT2D eigenvalue weighted by Gasteiger charge is -2.43. The maximum atomic E-state index is 2.77. The number of piperidine rings is 1. The van der Waals surface area contributed by atoms with Crippen LogP contribution in [0.25, 0.3) is 0 Å². The zero-order valence-corrected chi connectivity index (χ0v) is 14.3. The molecule has 0 radical (unpaired) electrons. The van der Waals surface area contributed by atoms with Gasteiger partial charge in [-0.3, -0.25) is 4.90 Å². The van der Waals surface area contributed by atoms with E-state index in [1.165, 1.54) is 84.3 Å². The van der Waals surface area contributed by atoms with Crippen LogP contribution in [0.5, 0.6) is 0 Å². The average molecular weight is 293 g/mol. The molecule has 3 aliphatic rings. The van der Waals surface area contributed by atoms with Gasteiger partial charge in [-0.15, -0.1) is 0 Å². The summed E-state index contributed by atoms with van der Waals surface area (Å²) in [5, 5.41) is 0. The van der Waals surface area contributed by atoms with Gasteiger partial charge in [0.25, 0.3) is 0 Å². The number of nitrogens with zero attached hydrogens (tertiary/aromatic N) is 3. The fourth-order valence-corrected chi connectivity index (χ4v) is 4.53. The molecule has 2 heterocycles. The molecule has 2 aliphatic heterocycles. The first kappa shape index (κ1) is 15.8. The van der Waals surface area contributed by atoms with Gasteiger partial charge in [0.1, 0.15) is 0 Å². The molecule has 0 aromatic heterocycles. The van der Waals surface area contributed by atoms with Crippen molar-refractivity contribution in [3.05, 3.63) is 0 Å². The van der Waals surface area contributed by atoms with E-state index < -0.39 is 0 Å². The molecule has 0 aromatic carbocycles. The van der Waals surface area contributed by atoms with E-state index in [0.29, 0.717) is 0 Å². The minimum absolute atomic E-state index is 0.876. The maximum Gasteiger partial charge on any atom is 0.0121 e. The molecule has 0 amide bonds. The molecule has 3 nitrogen and oxygen atoms in total. The van der Waals surface area contributed by atoms with E-state index in [1.54, 1.807) is 0 Å². The van der Waals surface area contributed by atoms with Crippen molar-refractivity contribution in [2.75, 3.05) is 52.9 Å². The van der Waals surface area contributed by atoms with Crippen LogP contribution >= 0.6 is 0 Å². The van der Waals surface area contributed by atoms with Crippen molar-refractivity contribution in [3.63, 3.8) is 0 Å². The molecule has 21 heavy (non-hydrogen) atoms. The molecule has 1 saturated carbocycles. The summed E-state index contributed by atoms with van der Waals surface area (Å²) in [6.45, 7) is 11.6. The molecule has 0 bridgehead atoms. The summed E-state index contributed by atoms with van der Waals surface area (Å²) in [6, 6.07) is 0.876. The lowest BCUT2D eigenvalue weighted by Crippen LogP contribution is -2.52. The quantitative estimate of drug-likeness (QED) is 0.792. The number of rotatable bonds is 3. The highest BCUT2D eigenvalue weighted by Gasteiger charge is 2.28. The van der Waals surface area contributed by atoms with Crippen molar-refractivity contribution in [2.24, 2.45) is 11.8 Å². The van der Waals surface area contributed by atoms with Crippen LogP contribution in [0.3, 0.4) is 0 Å². The number of piperazine rings is 1. The van der Waals surface area contributed by atoms with Gasteiger partial charge in [0.2, 0.25) is 0 Å². The first-order valence-electron chi connectivity index (χ1n) is 9.35. The molecule has 0 N–H and O–H groups in total. The van der Waals surface area contributed by atoms with Crippen LogP contribution in [-0.2, 0) is 0 Å². The van der Waals surface area contributed by atoms with Gasteiger partial charge in [-0.2, -0.15) is 0 Å². The molecule has 0 spiro atoms. The molecule has 1 aliphatic carbocycles. The summed E-state index contributed by atoms with van der Waals surface area (Å²) in [5.74, 6) is 1.99. The van der Waals surface area contributed by atoms with Crippen molar-refractivity contribution in [2.45, 2.75) is 51.5 Å². The van der Waals surface area contributed by atoms with E-state index in [1.807, 2.05) is 0 Å². The van der Waals surface area contributed by atoms with Crippen LogP contribution in [0.1, 0.15) is 45.4 Å². The topological polar surface area (TPSA) is 9.72 Å². The molecule has 2 saturated heterocycles. The predicted octanol–water partition coefficient (Wildman–Crippen LogP) is 2.52. The van der Waals surface area contributed by atoms with Crippen molar-refractivity contribution >= 4 is 0 Å². The molecular weight excluding hydrogens is 258 g/mol. The summed E-state index contributed by atoms with van der Waals surface area (Å²) in [5.41, 5.74) is 0. The summed E-state index contributed by atoms with van der Waals surface area (Å²) in [6.07, 6.45) is 8.74. The first-order chi connectivity index (χ1) is 10.2. The van der Waals surface area contributed by atoms with Gasteiger partial charge in [-0.05, 0) is 57.7 Å². The van der Waals surface area contributed by atoms with Crippen LogP contribution in [-0.4, -0.2) is 73.6 Å². The van der Waals surface area contributed by atoms with E-state index in [4.69, 9.17) is 0 Å². The molecule has 0 atom stereocenters. The average Bonchev–Trinajstić information content (AvgIpc) is 2.51. The smallest absolute Gasteiger partial charge is 0.0121 e. The minimum atomic E-state index is 0.876. The Morgan fingerprint density at radius 1 is 0.762 bits per heavy atom. The third-order valence-corrected chi connectivity index (χ3v) is 6.26. The normalized spacial score (nSPS) is 35.1. The molecule has 3 rings (SSSR count). The molecule has 3 heteroatoms. The van der Waals surface area contributed by atoms with Gasteiger partial charge in [0.15, 0.2) is 0 Å². The van der Waals surface area contributed by atoms with Gasteiger partial charge >= 0.3 is 0 Å². The molecule has 0 unspecified atom stereocenters. The zero-order chi connectivity index (χ0) is 14.7. The van der Waals surface area contributed by atoms with E-state index >= 15 is 0 Å². The van der Waals surface area contributed by atoms with Crippen LogP contribution in [0.4, 0.5) is 0 Å². The number of likely N-dealkylation sites (N-methyl/N-ethyl adjacent to an activating group) is 1. The summed E-state index contributed by atoms with van der Waals surface area (Å²) < 4.78 is 0. The maximum absolute atomic E-state index is 2.77. The monoisotopic (exact) mass is 293 g/mol. The van der Waals surface area contributed by atoms with E-state index in [0.717, 1.165) is 17.9 Å². The highest BCUT2D eigenvalue weighted by atomic mass is 15.3. The minimum Gasteiger partial charge on any atom is -0.304 e. The second-order valence-corrected chi connectivity index (χ2v) is 8.00. The SMILES string of the molecule is CC1CCC(CN2CCC(N3CCN(C)CC3)CC2)CC1. The highest BCUT2D eigenvalue weighted by molar-refractivity contribution is 4.84. The Morgan fingerprint density at radius 2 is 1.38 bits per heavy atom. The Hall–Kier alpha value is -0.120. The Balaban J connectivity index is 1.37. The fourth-order valence-electron chi connectivity index (χ4n) is 4.53. The Bertz CT molecular complexity index is 296. The van der Waals surface area contributed by atoms with Gasteiger partial charge in [-0.1, -0.05) is 19.8 Å². The van der Waals surface area contributed by atoms with Crippen LogP contribution < -0.4 is 0 Å². The Labute approximate surface area is 131 Å². The van der Waals surface area contributed by atoms with Crippen molar-refractivity contribution < 1.29 is 0 Å². The van der Waals surface area contributed by atoms with Gasteiger partial charge < -0.3 is 9.80 Å². The second-order valence-electron chi connectivity index (χ2n) is 8.00. The van der Waals surface area contributed by atoms with Crippen molar-refractivity contribution in [1.82, 2.24) is 14.7 Å². The summed E-state index contributed by atoms with van der Waals surface area (Å²) in [4.78, 5) is 8.00. The Morgan fingerprint density at radius 3 is 2.00 bits per heavy atom.